The first kappa shape index (κ1) is 14.2. The molecule has 1 amide bonds. The van der Waals surface area contributed by atoms with E-state index >= 15 is 0 Å². The van der Waals surface area contributed by atoms with Gasteiger partial charge in [0.25, 0.3) is 5.91 Å². The van der Waals surface area contributed by atoms with Crippen molar-refractivity contribution in [3.05, 3.63) is 53.5 Å². The molecule has 0 aliphatic carbocycles. The molecule has 0 bridgehead atoms. The topological polar surface area (TPSA) is 54.3 Å². The van der Waals surface area contributed by atoms with Crippen LogP contribution < -0.4 is 10.6 Å². The summed E-state index contributed by atoms with van der Waals surface area (Å²) in [6, 6.07) is 9.78. The van der Waals surface area contributed by atoms with Gasteiger partial charge in [0.15, 0.2) is 0 Å². The van der Waals surface area contributed by atoms with Crippen molar-refractivity contribution in [3.63, 3.8) is 0 Å². The lowest BCUT2D eigenvalue weighted by molar-refractivity contribution is 0.0962. The zero-order valence-corrected chi connectivity index (χ0v) is 12.1. The highest BCUT2D eigenvalue weighted by molar-refractivity contribution is 5.96. The molecule has 0 radical (unpaired) electrons. The molecular formula is C16H20N2O2. The average molecular weight is 272 g/mol. The molecule has 4 heteroatoms. The molecule has 2 rings (SSSR count). The maximum Gasteiger partial charge on any atom is 0.251 e. The molecule has 0 spiro atoms. The number of rotatable bonds is 5. The Kier molecular flexibility index (Phi) is 4.45. The molecule has 0 aliphatic heterocycles. The standard InChI is InChI=1S/C16H20N2O2/c1-11(10-13-6-5-9-20-13)18-15-8-4-7-14(12(15)2)16(19)17-3/h4-9,11,18H,10H2,1-3H3,(H,17,19). The van der Waals surface area contributed by atoms with Gasteiger partial charge < -0.3 is 15.1 Å². The predicted molar refractivity (Wildman–Crippen MR) is 80.1 cm³/mol. The maximum atomic E-state index is 11.8. The van der Waals surface area contributed by atoms with Crippen LogP contribution in [-0.2, 0) is 6.42 Å². The molecule has 0 fully saturated rings. The molecule has 0 aliphatic rings. The zero-order valence-electron chi connectivity index (χ0n) is 12.1. The molecule has 0 saturated heterocycles. The van der Waals surface area contributed by atoms with Crippen LogP contribution >= 0.6 is 0 Å². The van der Waals surface area contributed by atoms with Crippen molar-refractivity contribution in [3.8, 4) is 0 Å². The third-order valence-electron chi connectivity index (χ3n) is 3.29. The van der Waals surface area contributed by atoms with Gasteiger partial charge in [-0.2, -0.15) is 0 Å². The fourth-order valence-electron chi connectivity index (χ4n) is 2.22. The van der Waals surface area contributed by atoms with Gasteiger partial charge in [-0.25, -0.2) is 0 Å². The van der Waals surface area contributed by atoms with Crippen molar-refractivity contribution in [2.24, 2.45) is 0 Å². The largest absolute Gasteiger partial charge is 0.469 e. The molecule has 0 saturated carbocycles. The lowest BCUT2D eigenvalue weighted by Crippen LogP contribution is -2.22. The van der Waals surface area contributed by atoms with E-state index in [0.717, 1.165) is 23.4 Å². The highest BCUT2D eigenvalue weighted by Gasteiger charge is 2.12. The highest BCUT2D eigenvalue weighted by Crippen LogP contribution is 2.20. The van der Waals surface area contributed by atoms with Gasteiger partial charge in [-0.05, 0) is 43.7 Å². The molecule has 1 aromatic heterocycles. The van der Waals surface area contributed by atoms with E-state index in [0.29, 0.717) is 5.56 Å². The smallest absolute Gasteiger partial charge is 0.251 e. The summed E-state index contributed by atoms with van der Waals surface area (Å²) in [7, 11) is 1.64. The van der Waals surface area contributed by atoms with Crippen molar-refractivity contribution in [1.82, 2.24) is 5.32 Å². The van der Waals surface area contributed by atoms with Crippen molar-refractivity contribution < 1.29 is 9.21 Å². The summed E-state index contributed by atoms with van der Waals surface area (Å²) in [5.74, 6) is 0.884. The van der Waals surface area contributed by atoms with Crippen LogP contribution in [0.1, 0.15) is 28.6 Å². The molecule has 20 heavy (non-hydrogen) atoms. The van der Waals surface area contributed by atoms with Crippen LogP contribution in [0.25, 0.3) is 0 Å². The molecule has 2 aromatic rings. The highest BCUT2D eigenvalue weighted by atomic mass is 16.3. The van der Waals surface area contributed by atoms with E-state index in [-0.39, 0.29) is 11.9 Å². The number of carbonyl (C=O) groups excluding carboxylic acids is 1. The molecule has 1 aromatic carbocycles. The van der Waals surface area contributed by atoms with E-state index in [1.54, 1.807) is 13.3 Å². The second-order valence-corrected chi connectivity index (χ2v) is 4.89. The minimum atomic E-state index is -0.0650. The van der Waals surface area contributed by atoms with E-state index in [1.807, 2.05) is 37.3 Å². The third kappa shape index (κ3) is 3.20. The van der Waals surface area contributed by atoms with E-state index in [9.17, 15) is 4.79 Å². The first-order valence-corrected chi connectivity index (χ1v) is 6.72. The number of carbonyl (C=O) groups is 1. The normalized spacial score (nSPS) is 11.9. The first-order valence-electron chi connectivity index (χ1n) is 6.72. The fourth-order valence-corrected chi connectivity index (χ4v) is 2.22. The van der Waals surface area contributed by atoms with Gasteiger partial charge in [-0.15, -0.1) is 0 Å². The SMILES string of the molecule is CNC(=O)c1cccc(NC(C)Cc2ccco2)c1C. The van der Waals surface area contributed by atoms with Crippen LogP contribution in [-0.4, -0.2) is 19.0 Å². The molecule has 1 heterocycles. The van der Waals surface area contributed by atoms with Gasteiger partial charge in [0.2, 0.25) is 0 Å². The van der Waals surface area contributed by atoms with E-state index < -0.39 is 0 Å². The van der Waals surface area contributed by atoms with E-state index in [4.69, 9.17) is 4.42 Å². The Morgan fingerprint density at radius 3 is 2.75 bits per heavy atom. The minimum absolute atomic E-state index is 0.0650. The third-order valence-corrected chi connectivity index (χ3v) is 3.29. The quantitative estimate of drug-likeness (QED) is 0.879. The van der Waals surface area contributed by atoms with Crippen molar-refractivity contribution in [2.45, 2.75) is 26.3 Å². The molecular weight excluding hydrogens is 252 g/mol. The van der Waals surface area contributed by atoms with Crippen LogP contribution in [0.5, 0.6) is 0 Å². The Bertz CT molecular complexity index is 576. The molecule has 4 nitrogen and oxygen atoms in total. The van der Waals surface area contributed by atoms with Crippen LogP contribution in [0, 0.1) is 6.92 Å². The number of hydrogen-bond donors (Lipinski definition) is 2. The monoisotopic (exact) mass is 272 g/mol. The lowest BCUT2D eigenvalue weighted by atomic mass is 10.0. The fraction of sp³-hybridized carbons (Fsp3) is 0.312. The maximum absolute atomic E-state index is 11.8. The summed E-state index contributed by atoms with van der Waals surface area (Å²) in [5, 5.41) is 6.09. The molecule has 1 atom stereocenters. The Balaban J connectivity index is 2.11. The zero-order chi connectivity index (χ0) is 14.5. The number of furan rings is 1. The Hall–Kier alpha value is -2.23. The molecule has 106 valence electrons. The summed E-state index contributed by atoms with van der Waals surface area (Å²) in [4.78, 5) is 11.8. The van der Waals surface area contributed by atoms with E-state index in [1.165, 1.54) is 0 Å². The van der Waals surface area contributed by atoms with Crippen LogP contribution in [0.3, 0.4) is 0 Å². The van der Waals surface area contributed by atoms with Crippen LogP contribution in [0.4, 0.5) is 5.69 Å². The van der Waals surface area contributed by atoms with Crippen molar-refractivity contribution >= 4 is 11.6 Å². The average Bonchev–Trinajstić information content (AvgIpc) is 2.93. The Morgan fingerprint density at radius 2 is 2.10 bits per heavy atom. The molecule has 1 unspecified atom stereocenters. The van der Waals surface area contributed by atoms with E-state index in [2.05, 4.69) is 17.6 Å². The summed E-state index contributed by atoms with van der Waals surface area (Å²) in [5.41, 5.74) is 2.63. The van der Waals surface area contributed by atoms with Crippen LogP contribution in [0.15, 0.2) is 41.0 Å². The van der Waals surface area contributed by atoms with Gasteiger partial charge >= 0.3 is 0 Å². The van der Waals surface area contributed by atoms with Gasteiger partial charge in [0.1, 0.15) is 5.76 Å². The number of amides is 1. The second kappa shape index (κ2) is 6.28. The number of anilines is 1. The Labute approximate surface area is 119 Å². The minimum Gasteiger partial charge on any atom is -0.469 e. The van der Waals surface area contributed by atoms with Gasteiger partial charge in [0, 0.05) is 30.8 Å². The summed E-state index contributed by atoms with van der Waals surface area (Å²) in [6.07, 6.45) is 2.48. The predicted octanol–water partition coefficient (Wildman–Crippen LogP) is 2.99. The number of nitrogens with one attached hydrogen (secondary N) is 2. The second-order valence-electron chi connectivity index (χ2n) is 4.89. The summed E-state index contributed by atoms with van der Waals surface area (Å²) >= 11 is 0. The lowest BCUT2D eigenvalue weighted by Gasteiger charge is -2.17. The summed E-state index contributed by atoms with van der Waals surface area (Å²) < 4.78 is 5.35. The van der Waals surface area contributed by atoms with Crippen molar-refractivity contribution in [2.75, 3.05) is 12.4 Å². The number of hydrogen-bond acceptors (Lipinski definition) is 3. The van der Waals surface area contributed by atoms with Gasteiger partial charge in [0.05, 0.1) is 6.26 Å². The van der Waals surface area contributed by atoms with Crippen LogP contribution in [0.2, 0.25) is 0 Å². The molecule has 2 N–H and O–H groups in total. The first-order chi connectivity index (χ1) is 9.61. The van der Waals surface area contributed by atoms with Gasteiger partial charge in [-0.3, -0.25) is 4.79 Å². The van der Waals surface area contributed by atoms with Gasteiger partial charge in [-0.1, -0.05) is 6.07 Å². The summed E-state index contributed by atoms with van der Waals surface area (Å²) in [6.45, 7) is 4.04. The Morgan fingerprint density at radius 1 is 1.30 bits per heavy atom. The number of benzene rings is 1. The van der Waals surface area contributed by atoms with Crippen molar-refractivity contribution in [1.29, 1.82) is 0 Å².